The monoisotopic (exact) mass is 322 g/mol. The van der Waals surface area contributed by atoms with Crippen molar-refractivity contribution in [1.82, 2.24) is 0 Å². The number of rotatable bonds is 9. The summed E-state index contributed by atoms with van der Waals surface area (Å²) in [5.41, 5.74) is 0.969. The van der Waals surface area contributed by atoms with Crippen molar-refractivity contribution >= 4 is 7.12 Å². The second kappa shape index (κ2) is 8.71. The lowest BCUT2D eigenvalue weighted by molar-refractivity contribution is 0.00578. The van der Waals surface area contributed by atoms with Crippen LogP contribution in [0.1, 0.15) is 93.9 Å². The van der Waals surface area contributed by atoms with Gasteiger partial charge in [0.25, 0.3) is 0 Å². The zero-order valence-electron chi connectivity index (χ0n) is 16.9. The average Bonchev–Trinajstić information content (AvgIpc) is 2.62. The molecule has 2 atom stereocenters. The molecule has 1 saturated heterocycles. The third-order valence-corrected chi connectivity index (χ3v) is 5.67. The van der Waals surface area contributed by atoms with E-state index in [4.69, 9.17) is 9.31 Å². The maximum Gasteiger partial charge on any atom is 0.461 e. The Morgan fingerprint density at radius 3 is 2.04 bits per heavy atom. The molecule has 0 aromatic rings. The highest BCUT2D eigenvalue weighted by Gasteiger charge is 2.54. The molecule has 1 aliphatic rings. The second-order valence-electron chi connectivity index (χ2n) is 8.62. The molecule has 1 fully saturated rings. The van der Waals surface area contributed by atoms with Crippen LogP contribution in [-0.4, -0.2) is 18.3 Å². The van der Waals surface area contributed by atoms with E-state index >= 15 is 0 Å². The van der Waals surface area contributed by atoms with Crippen molar-refractivity contribution in [3.8, 4) is 0 Å². The summed E-state index contributed by atoms with van der Waals surface area (Å²) in [6.45, 7) is 17.6. The molecule has 0 bridgehead atoms. The van der Waals surface area contributed by atoms with Gasteiger partial charge >= 0.3 is 7.12 Å². The Bertz CT molecular complexity index is 367. The molecular weight excluding hydrogens is 283 g/mol. The molecule has 0 aliphatic carbocycles. The summed E-state index contributed by atoms with van der Waals surface area (Å²) in [5, 5.41) is 0. The Kier molecular flexibility index (Phi) is 7.87. The van der Waals surface area contributed by atoms with Gasteiger partial charge in [0.2, 0.25) is 0 Å². The molecule has 0 aromatic heterocycles. The lowest BCUT2D eigenvalue weighted by Crippen LogP contribution is -2.41. The van der Waals surface area contributed by atoms with Crippen molar-refractivity contribution in [3.63, 3.8) is 0 Å². The largest absolute Gasteiger partial charge is 0.461 e. The molecule has 0 amide bonds. The first-order valence-electron chi connectivity index (χ1n) is 9.59. The second-order valence-corrected chi connectivity index (χ2v) is 8.62. The summed E-state index contributed by atoms with van der Waals surface area (Å²) in [6, 6.07) is 0. The van der Waals surface area contributed by atoms with Gasteiger partial charge < -0.3 is 9.31 Å². The Balaban J connectivity index is 2.74. The highest BCUT2D eigenvalue weighted by atomic mass is 16.7. The lowest BCUT2D eigenvalue weighted by Gasteiger charge is -2.32. The van der Waals surface area contributed by atoms with Gasteiger partial charge in [-0.15, -0.1) is 0 Å². The molecular formula is C20H39BO2. The van der Waals surface area contributed by atoms with Crippen LogP contribution in [0, 0.1) is 5.92 Å². The van der Waals surface area contributed by atoms with Crippen LogP contribution in [0.25, 0.3) is 0 Å². The van der Waals surface area contributed by atoms with Crippen molar-refractivity contribution < 1.29 is 9.31 Å². The average molecular weight is 322 g/mol. The maximum atomic E-state index is 6.37. The van der Waals surface area contributed by atoms with E-state index in [0.29, 0.717) is 11.7 Å². The molecule has 1 heterocycles. The van der Waals surface area contributed by atoms with Crippen molar-refractivity contribution in [2.75, 3.05) is 0 Å². The predicted molar refractivity (Wildman–Crippen MR) is 102 cm³/mol. The van der Waals surface area contributed by atoms with Crippen LogP contribution in [0.2, 0.25) is 5.82 Å². The molecule has 23 heavy (non-hydrogen) atoms. The van der Waals surface area contributed by atoms with E-state index in [0.717, 1.165) is 6.42 Å². The van der Waals surface area contributed by atoms with Crippen molar-refractivity contribution in [3.05, 3.63) is 11.6 Å². The Hall–Kier alpha value is -0.275. The topological polar surface area (TPSA) is 18.5 Å². The molecule has 0 N–H and O–H groups in total. The van der Waals surface area contributed by atoms with Crippen LogP contribution < -0.4 is 0 Å². The molecule has 3 heteroatoms. The highest BCUT2D eigenvalue weighted by Crippen LogP contribution is 2.44. The van der Waals surface area contributed by atoms with Crippen LogP contribution >= 0.6 is 0 Å². The minimum Gasteiger partial charge on any atom is -0.403 e. The highest BCUT2D eigenvalue weighted by molar-refractivity contribution is 6.47. The van der Waals surface area contributed by atoms with Gasteiger partial charge in [-0.25, -0.2) is 0 Å². The maximum absolute atomic E-state index is 6.37. The van der Waals surface area contributed by atoms with Gasteiger partial charge in [-0.1, -0.05) is 51.2 Å². The summed E-state index contributed by atoms with van der Waals surface area (Å²) in [5.74, 6) is 1.12. The minimum atomic E-state index is -0.222. The molecule has 2 unspecified atom stereocenters. The fourth-order valence-electron chi connectivity index (χ4n) is 3.23. The molecule has 0 spiro atoms. The quantitative estimate of drug-likeness (QED) is 0.277. The van der Waals surface area contributed by atoms with E-state index < -0.39 is 0 Å². The van der Waals surface area contributed by atoms with Gasteiger partial charge in [0.1, 0.15) is 0 Å². The summed E-state index contributed by atoms with van der Waals surface area (Å²) in [4.78, 5) is 0. The van der Waals surface area contributed by atoms with Crippen LogP contribution in [0.5, 0.6) is 0 Å². The van der Waals surface area contributed by atoms with Gasteiger partial charge in [-0.05, 0) is 66.1 Å². The standard InChI is InChI=1S/C20H39BO2/c1-9-10-11-15-18(17(4)14-12-13-16(2)3)21-22-19(5,6)20(7,8)23-21/h13,17-18H,9-12,14-15H2,1-8H3. The summed E-state index contributed by atoms with van der Waals surface area (Å²) in [6.07, 6.45) is 9.78. The Morgan fingerprint density at radius 1 is 1.00 bits per heavy atom. The van der Waals surface area contributed by atoms with Gasteiger partial charge in [0.15, 0.2) is 0 Å². The van der Waals surface area contributed by atoms with Crippen molar-refractivity contribution in [2.24, 2.45) is 5.92 Å². The van der Waals surface area contributed by atoms with E-state index in [1.165, 1.54) is 37.7 Å². The predicted octanol–water partition coefficient (Wildman–Crippen LogP) is 6.41. The molecule has 1 rings (SSSR count). The van der Waals surface area contributed by atoms with Crippen molar-refractivity contribution in [1.29, 1.82) is 0 Å². The van der Waals surface area contributed by atoms with Gasteiger partial charge in [0.05, 0.1) is 11.2 Å². The normalized spacial score (nSPS) is 22.0. The zero-order chi connectivity index (χ0) is 17.7. The van der Waals surface area contributed by atoms with Gasteiger partial charge in [-0.3, -0.25) is 0 Å². The van der Waals surface area contributed by atoms with Gasteiger partial charge in [-0.2, -0.15) is 0 Å². The van der Waals surface area contributed by atoms with Crippen LogP contribution in [0.15, 0.2) is 11.6 Å². The first kappa shape index (κ1) is 20.8. The lowest BCUT2D eigenvalue weighted by atomic mass is 9.62. The number of unbranched alkanes of at least 4 members (excludes halogenated alkanes) is 2. The molecule has 134 valence electrons. The number of hydrogen-bond acceptors (Lipinski definition) is 2. The molecule has 0 saturated carbocycles. The minimum absolute atomic E-state index is 0.0569. The van der Waals surface area contributed by atoms with Crippen molar-refractivity contribution in [2.45, 2.75) is 111 Å². The van der Waals surface area contributed by atoms with Crippen LogP contribution in [0.3, 0.4) is 0 Å². The first-order valence-corrected chi connectivity index (χ1v) is 9.59. The fourth-order valence-corrected chi connectivity index (χ4v) is 3.23. The van der Waals surface area contributed by atoms with E-state index in [1.54, 1.807) is 0 Å². The molecule has 2 nitrogen and oxygen atoms in total. The van der Waals surface area contributed by atoms with E-state index in [-0.39, 0.29) is 18.3 Å². The van der Waals surface area contributed by atoms with E-state index in [2.05, 4.69) is 61.5 Å². The van der Waals surface area contributed by atoms with Crippen LogP contribution in [0.4, 0.5) is 0 Å². The summed E-state index contributed by atoms with van der Waals surface area (Å²) < 4.78 is 12.7. The molecule has 0 aromatic carbocycles. The Morgan fingerprint density at radius 2 is 1.57 bits per heavy atom. The third kappa shape index (κ3) is 5.94. The third-order valence-electron chi connectivity index (χ3n) is 5.67. The summed E-state index contributed by atoms with van der Waals surface area (Å²) in [7, 11) is -0.0569. The fraction of sp³-hybridized carbons (Fsp3) is 0.900. The smallest absolute Gasteiger partial charge is 0.403 e. The SMILES string of the molecule is CCCCCC(B1OC(C)(C)C(C)(C)O1)C(C)CCC=C(C)C. The van der Waals surface area contributed by atoms with Gasteiger partial charge in [0, 0.05) is 0 Å². The molecule has 1 aliphatic heterocycles. The number of allylic oxidation sites excluding steroid dienone is 2. The number of hydrogen-bond donors (Lipinski definition) is 0. The zero-order valence-corrected chi connectivity index (χ0v) is 16.9. The summed E-state index contributed by atoms with van der Waals surface area (Å²) >= 11 is 0. The first-order chi connectivity index (χ1) is 10.6. The Labute approximate surface area is 145 Å². The van der Waals surface area contributed by atoms with E-state index in [9.17, 15) is 0 Å². The molecule has 0 radical (unpaired) electrons. The van der Waals surface area contributed by atoms with Crippen LogP contribution in [-0.2, 0) is 9.31 Å². The van der Waals surface area contributed by atoms with E-state index in [1.807, 2.05) is 0 Å².